The van der Waals surface area contributed by atoms with E-state index in [1.165, 1.54) is 4.90 Å². The first kappa shape index (κ1) is 23.1. The van der Waals surface area contributed by atoms with Gasteiger partial charge in [-0.1, -0.05) is 11.6 Å². The molecule has 12 heteroatoms. The number of pyridine rings is 1. The molecule has 6 rings (SSSR count). The van der Waals surface area contributed by atoms with E-state index in [2.05, 4.69) is 31.1 Å². The van der Waals surface area contributed by atoms with Crippen molar-refractivity contribution in [2.45, 2.75) is 26.2 Å². The fourth-order valence-electron chi connectivity index (χ4n) is 5.49. The zero-order valence-electron chi connectivity index (χ0n) is 19.4. The summed E-state index contributed by atoms with van der Waals surface area (Å²) in [6.45, 7) is 4.18. The van der Waals surface area contributed by atoms with Gasteiger partial charge in [0.05, 0.1) is 30.0 Å². The number of nitrogens with zero attached hydrogens (tertiary/aromatic N) is 8. The normalized spacial score (nSPS) is 18.7. The third kappa shape index (κ3) is 3.94. The number of hydrogen-bond acceptors (Lipinski definition) is 7. The number of anilines is 2. The van der Waals surface area contributed by atoms with Crippen molar-refractivity contribution in [3.63, 3.8) is 0 Å². The van der Waals surface area contributed by atoms with Crippen molar-refractivity contribution >= 4 is 23.4 Å². The van der Waals surface area contributed by atoms with E-state index in [1.54, 1.807) is 18.2 Å². The standard InChI is InChI=1S/C24H22ClF3N8/c1-15-16(7-29)2-5-20(30-15)34-10-23(11-34)12-35(13-23)22-32-31-21-9-33(14-24(26,27)28)8-17-6-18(25)3-4-19(17)36(21)22/h2-6H,8-14H2,1H3. The van der Waals surface area contributed by atoms with Gasteiger partial charge in [-0.2, -0.15) is 18.4 Å². The van der Waals surface area contributed by atoms with Crippen molar-refractivity contribution in [1.82, 2.24) is 24.6 Å². The van der Waals surface area contributed by atoms with Gasteiger partial charge in [0.15, 0.2) is 5.82 Å². The van der Waals surface area contributed by atoms with Crippen LogP contribution in [0.1, 0.15) is 22.6 Å². The van der Waals surface area contributed by atoms with Crippen LogP contribution in [0.5, 0.6) is 0 Å². The predicted octanol–water partition coefficient (Wildman–Crippen LogP) is 3.70. The van der Waals surface area contributed by atoms with Crippen molar-refractivity contribution in [3.8, 4) is 11.8 Å². The van der Waals surface area contributed by atoms with E-state index < -0.39 is 12.7 Å². The summed E-state index contributed by atoms with van der Waals surface area (Å²) in [4.78, 5) is 10.2. The highest BCUT2D eigenvalue weighted by molar-refractivity contribution is 6.30. The minimum Gasteiger partial charge on any atom is -0.355 e. The quantitative estimate of drug-likeness (QED) is 0.527. The highest BCUT2D eigenvalue weighted by Gasteiger charge is 2.53. The first-order chi connectivity index (χ1) is 17.1. The summed E-state index contributed by atoms with van der Waals surface area (Å²) in [5, 5.41) is 18.3. The molecule has 0 unspecified atom stereocenters. The third-order valence-electron chi connectivity index (χ3n) is 7.06. The van der Waals surface area contributed by atoms with Crippen LogP contribution in [-0.4, -0.2) is 63.5 Å². The van der Waals surface area contributed by atoms with Crippen molar-refractivity contribution in [2.75, 3.05) is 42.5 Å². The molecule has 0 radical (unpaired) electrons. The fraction of sp³-hybridized carbons (Fsp3) is 0.417. The van der Waals surface area contributed by atoms with Gasteiger partial charge >= 0.3 is 6.18 Å². The van der Waals surface area contributed by atoms with Crippen LogP contribution in [0, 0.1) is 23.7 Å². The van der Waals surface area contributed by atoms with Crippen LogP contribution in [0.4, 0.5) is 24.9 Å². The average molecular weight is 515 g/mol. The number of fused-ring (bicyclic) bond motifs is 3. The maximum absolute atomic E-state index is 13.2. The Morgan fingerprint density at radius 1 is 1.06 bits per heavy atom. The molecule has 2 saturated heterocycles. The summed E-state index contributed by atoms with van der Waals surface area (Å²) in [5.41, 5.74) is 2.86. The molecule has 1 aromatic carbocycles. The molecule has 8 nitrogen and oxygen atoms in total. The van der Waals surface area contributed by atoms with Gasteiger partial charge in [0, 0.05) is 43.2 Å². The predicted molar refractivity (Wildman–Crippen MR) is 127 cm³/mol. The summed E-state index contributed by atoms with van der Waals surface area (Å²) < 4.78 is 41.5. The first-order valence-electron chi connectivity index (χ1n) is 11.5. The molecule has 3 aliphatic rings. The van der Waals surface area contributed by atoms with Crippen molar-refractivity contribution in [1.29, 1.82) is 5.26 Å². The summed E-state index contributed by atoms with van der Waals surface area (Å²) in [6, 6.07) is 11.1. The molecule has 3 aromatic rings. The average Bonchev–Trinajstić information content (AvgIpc) is 3.07. The van der Waals surface area contributed by atoms with Gasteiger partial charge in [0.25, 0.3) is 0 Å². The Morgan fingerprint density at radius 2 is 1.81 bits per heavy atom. The van der Waals surface area contributed by atoms with Gasteiger partial charge < -0.3 is 9.80 Å². The molecule has 0 aliphatic carbocycles. The number of hydrogen-bond donors (Lipinski definition) is 0. The minimum atomic E-state index is -4.32. The lowest BCUT2D eigenvalue weighted by atomic mass is 9.73. The van der Waals surface area contributed by atoms with Crippen LogP contribution >= 0.6 is 11.6 Å². The largest absolute Gasteiger partial charge is 0.401 e. The molecule has 186 valence electrons. The van der Waals surface area contributed by atoms with E-state index in [0.29, 0.717) is 27.9 Å². The van der Waals surface area contributed by atoms with Crippen molar-refractivity contribution < 1.29 is 13.2 Å². The number of halogens is 4. The van der Waals surface area contributed by atoms with E-state index >= 15 is 0 Å². The van der Waals surface area contributed by atoms with Crippen LogP contribution in [0.15, 0.2) is 30.3 Å². The Morgan fingerprint density at radius 3 is 2.50 bits per heavy atom. The molecule has 2 aromatic heterocycles. The van der Waals surface area contributed by atoms with Crippen molar-refractivity contribution in [2.24, 2.45) is 5.41 Å². The lowest BCUT2D eigenvalue weighted by molar-refractivity contribution is -0.148. The molecular formula is C24H22ClF3N8. The molecule has 3 aliphatic heterocycles. The molecule has 5 heterocycles. The molecule has 1 spiro atoms. The molecule has 0 saturated carbocycles. The topological polar surface area (TPSA) is 77.1 Å². The van der Waals surface area contributed by atoms with Gasteiger partial charge in [-0.3, -0.25) is 9.47 Å². The van der Waals surface area contributed by atoms with Gasteiger partial charge in [-0.05, 0) is 42.8 Å². The van der Waals surface area contributed by atoms with Gasteiger partial charge in [0.1, 0.15) is 11.9 Å². The zero-order chi connectivity index (χ0) is 25.2. The zero-order valence-corrected chi connectivity index (χ0v) is 20.2. The second kappa shape index (κ2) is 8.08. The highest BCUT2D eigenvalue weighted by atomic mass is 35.5. The number of aromatic nitrogens is 4. The Bertz CT molecular complexity index is 1380. The Labute approximate surface area is 210 Å². The van der Waals surface area contributed by atoms with E-state index in [9.17, 15) is 13.2 Å². The Hall–Kier alpha value is -3.36. The summed E-state index contributed by atoms with van der Waals surface area (Å²) in [5.74, 6) is 1.98. The third-order valence-corrected chi connectivity index (χ3v) is 7.30. The number of rotatable bonds is 3. The summed E-state index contributed by atoms with van der Waals surface area (Å²) in [6.07, 6.45) is -4.32. The number of aryl methyl sites for hydroxylation is 1. The van der Waals surface area contributed by atoms with Crippen LogP contribution in [0.2, 0.25) is 5.02 Å². The lowest BCUT2D eigenvalue weighted by Gasteiger charge is -2.60. The lowest BCUT2D eigenvalue weighted by Crippen LogP contribution is -2.73. The molecule has 2 fully saturated rings. The molecule has 0 N–H and O–H groups in total. The Kier molecular flexibility index (Phi) is 5.18. The maximum Gasteiger partial charge on any atom is 0.401 e. The SMILES string of the molecule is Cc1nc(N2CC3(C2)CN(c2nnc4n2-c2ccc(Cl)cc2CN(CC(F)(F)F)C4)C3)ccc1C#N. The second-order valence-corrected chi connectivity index (χ2v) is 10.3. The molecule has 0 amide bonds. The van der Waals surface area contributed by atoms with Crippen LogP contribution < -0.4 is 9.80 Å². The Balaban J connectivity index is 1.22. The van der Waals surface area contributed by atoms with E-state index in [-0.39, 0.29) is 18.5 Å². The van der Waals surface area contributed by atoms with E-state index in [1.807, 2.05) is 23.6 Å². The van der Waals surface area contributed by atoms with Gasteiger partial charge in [0.2, 0.25) is 5.95 Å². The molecular weight excluding hydrogens is 493 g/mol. The smallest absolute Gasteiger partial charge is 0.355 e. The van der Waals surface area contributed by atoms with Gasteiger partial charge in [-0.25, -0.2) is 4.98 Å². The molecule has 0 bridgehead atoms. The number of benzene rings is 1. The van der Waals surface area contributed by atoms with Crippen LogP contribution in [-0.2, 0) is 13.1 Å². The molecule has 36 heavy (non-hydrogen) atoms. The summed E-state index contributed by atoms with van der Waals surface area (Å²) in [7, 11) is 0. The van der Waals surface area contributed by atoms with Crippen LogP contribution in [0.25, 0.3) is 5.69 Å². The van der Waals surface area contributed by atoms with Gasteiger partial charge in [-0.15, -0.1) is 10.2 Å². The summed E-state index contributed by atoms with van der Waals surface area (Å²) >= 11 is 6.19. The monoisotopic (exact) mass is 514 g/mol. The number of nitriles is 1. The van der Waals surface area contributed by atoms with Crippen molar-refractivity contribution in [3.05, 3.63) is 58.0 Å². The highest BCUT2D eigenvalue weighted by Crippen LogP contribution is 2.44. The van der Waals surface area contributed by atoms with E-state index in [0.717, 1.165) is 43.4 Å². The molecule has 0 atom stereocenters. The van der Waals surface area contributed by atoms with E-state index in [4.69, 9.17) is 16.9 Å². The maximum atomic E-state index is 13.2. The number of alkyl halides is 3. The van der Waals surface area contributed by atoms with Crippen LogP contribution in [0.3, 0.4) is 0 Å². The fourth-order valence-corrected chi connectivity index (χ4v) is 5.69. The minimum absolute atomic E-state index is 0.0370. The first-order valence-corrected chi connectivity index (χ1v) is 11.9. The second-order valence-electron chi connectivity index (χ2n) is 9.91.